The summed E-state index contributed by atoms with van der Waals surface area (Å²) in [6.45, 7) is 5.36. The number of aromatic amines is 1. The first-order chi connectivity index (χ1) is 14.2. The van der Waals surface area contributed by atoms with E-state index in [9.17, 15) is 14.4 Å². The Hall–Kier alpha value is -3.94. The zero-order valence-electron chi connectivity index (χ0n) is 16.7. The number of carbonyl (C=O) groups excluding carboxylic acids is 3. The lowest BCUT2D eigenvalue weighted by molar-refractivity contribution is 0.0547. The highest BCUT2D eigenvalue weighted by Gasteiger charge is 2.25. The maximum atomic E-state index is 13.1. The van der Waals surface area contributed by atoms with Gasteiger partial charge in [0.15, 0.2) is 0 Å². The zero-order chi connectivity index (χ0) is 21.6. The van der Waals surface area contributed by atoms with Gasteiger partial charge in [0.05, 0.1) is 16.7 Å². The van der Waals surface area contributed by atoms with Gasteiger partial charge in [0.1, 0.15) is 17.6 Å². The molecule has 4 aromatic rings. The maximum Gasteiger partial charge on any atom is 0.419 e. The van der Waals surface area contributed by atoms with Crippen LogP contribution in [0.4, 0.5) is 4.79 Å². The molecule has 0 unspecified atom stereocenters. The largest absolute Gasteiger partial charge is 0.443 e. The molecule has 2 aromatic carbocycles. The number of nitrogens with two attached hydrogens (primary N) is 1. The Morgan fingerprint density at radius 1 is 1.13 bits per heavy atom. The van der Waals surface area contributed by atoms with Gasteiger partial charge in [0.25, 0.3) is 0 Å². The SMILES string of the molecule is CC(C)(C)OC(=O)n1c(-c2n[nH]c3cc(C(N)=O)ccc23)cc2cc(C=O)ccc21. The van der Waals surface area contributed by atoms with Crippen LogP contribution >= 0.6 is 0 Å². The summed E-state index contributed by atoms with van der Waals surface area (Å²) in [7, 11) is 0. The lowest BCUT2D eigenvalue weighted by atomic mass is 10.1. The van der Waals surface area contributed by atoms with Gasteiger partial charge < -0.3 is 10.5 Å². The van der Waals surface area contributed by atoms with Gasteiger partial charge in [-0.25, -0.2) is 9.36 Å². The number of H-pyrrole nitrogens is 1. The number of amides is 1. The fourth-order valence-corrected chi connectivity index (χ4v) is 3.35. The van der Waals surface area contributed by atoms with E-state index in [0.29, 0.717) is 44.3 Å². The molecule has 0 aliphatic rings. The molecule has 3 N–H and O–H groups in total. The highest BCUT2D eigenvalue weighted by Crippen LogP contribution is 2.33. The van der Waals surface area contributed by atoms with Crippen LogP contribution < -0.4 is 5.73 Å². The normalized spacial score (nSPS) is 11.7. The molecule has 1 amide bonds. The summed E-state index contributed by atoms with van der Waals surface area (Å²) < 4.78 is 7.04. The van der Waals surface area contributed by atoms with E-state index >= 15 is 0 Å². The Bertz CT molecular complexity index is 1320. The van der Waals surface area contributed by atoms with Crippen molar-refractivity contribution in [2.45, 2.75) is 26.4 Å². The lowest BCUT2D eigenvalue weighted by Crippen LogP contribution is -2.27. The third-order valence-electron chi connectivity index (χ3n) is 4.63. The Morgan fingerprint density at radius 2 is 1.90 bits per heavy atom. The number of benzene rings is 2. The number of hydrogen-bond acceptors (Lipinski definition) is 5. The molecule has 0 aliphatic heterocycles. The molecule has 4 rings (SSSR count). The molecule has 30 heavy (non-hydrogen) atoms. The second kappa shape index (κ2) is 6.84. The van der Waals surface area contributed by atoms with Crippen LogP contribution in [0.2, 0.25) is 0 Å². The average Bonchev–Trinajstić information content (AvgIpc) is 3.26. The van der Waals surface area contributed by atoms with Gasteiger partial charge in [-0.2, -0.15) is 5.10 Å². The smallest absolute Gasteiger partial charge is 0.419 e. The van der Waals surface area contributed by atoms with Crippen LogP contribution in [0.15, 0.2) is 42.5 Å². The van der Waals surface area contributed by atoms with E-state index in [0.717, 1.165) is 6.29 Å². The molecule has 0 fully saturated rings. The Balaban J connectivity index is 1.96. The van der Waals surface area contributed by atoms with Crippen molar-refractivity contribution in [2.75, 3.05) is 0 Å². The molecule has 8 heteroatoms. The Morgan fingerprint density at radius 3 is 2.57 bits per heavy atom. The van der Waals surface area contributed by atoms with Crippen LogP contribution in [-0.4, -0.2) is 38.7 Å². The van der Waals surface area contributed by atoms with Gasteiger partial charge in [0.2, 0.25) is 5.91 Å². The number of carbonyl (C=O) groups is 3. The van der Waals surface area contributed by atoms with Gasteiger partial charge in [-0.05, 0) is 63.2 Å². The van der Waals surface area contributed by atoms with Gasteiger partial charge >= 0.3 is 6.09 Å². The van der Waals surface area contributed by atoms with Crippen LogP contribution in [0.5, 0.6) is 0 Å². The van der Waals surface area contributed by atoms with Gasteiger partial charge in [-0.1, -0.05) is 0 Å². The minimum absolute atomic E-state index is 0.348. The van der Waals surface area contributed by atoms with Crippen molar-refractivity contribution in [2.24, 2.45) is 5.73 Å². The summed E-state index contributed by atoms with van der Waals surface area (Å²) in [6.07, 6.45) is 0.190. The summed E-state index contributed by atoms with van der Waals surface area (Å²) in [6, 6.07) is 11.8. The number of rotatable bonds is 3. The minimum Gasteiger partial charge on any atom is -0.443 e. The molecule has 0 bridgehead atoms. The highest BCUT2D eigenvalue weighted by atomic mass is 16.6. The number of ether oxygens (including phenoxy) is 1. The summed E-state index contributed by atoms with van der Waals surface area (Å²) >= 11 is 0. The molecular weight excluding hydrogens is 384 g/mol. The predicted molar refractivity (Wildman–Crippen MR) is 113 cm³/mol. The number of nitrogens with zero attached hydrogens (tertiary/aromatic N) is 2. The summed E-state index contributed by atoms with van der Waals surface area (Å²) in [5.41, 5.74) is 7.71. The number of hydrogen-bond donors (Lipinski definition) is 2. The zero-order valence-corrected chi connectivity index (χ0v) is 16.7. The van der Waals surface area contributed by atoms with E-state index < -0.39 is 17.6 Å². The Labute approximate surface area is 171 Å². The first-order valence-electron chi connectivity index (χ1n) is 9.30. The maximum absolute atomic E-state index is 13.1. The highest BCUT2D eigenvalue weighted by molar-refractivity contribution is 6.04. The van der Waals surface area contributed by atoms with Crippen LogP contribution in [0, 0.1) is 0 Å². The molecule has 8 nitrogen and oxygen atoms in total. The molecule has 0 radical (unpaired) electrons. The van der Waals surface area contributed by atoms with Crippen LogP contribution in [0.25, 0.3) is 33.2 Å². The average molecular weight is 404 g/mol. The van der Waals surface area contributed by atoms with Crippen molar-refractivity contribution < 1.29 is 19.1 Å². The van der Waals surface area contributed by atoms with Crippen LogP contribution in [0.3, 0.4) is 0 Å². The number of aromatic nitrogens is 3. The van der Waals surface area contributed by atoms with Crippen molar-refractivity contribution in [3.8, 4) is 11.4 Å². The molecule has 2 heterocycles. The summed E-state index contributed by atoms with van der Waals surface area (Å²) in [5.74, 6) is -0.544. The van der Waals surface area contributed by atoms with Crippen molar-refractivity contribution >= 4 is 40.1 Å². The second-order valence-electron chi connectivity index (χ2n) is 7.98. The van der Waals surface area contributed by atoms with E-state index in [4.69, 9.17) is 10.5 Å². The fourth-order valence-electron chi connectivity index (χ4n) is 3.35. The second-order valence-corrected chi connectivity index (χ2v) is 7.98. The summed E-state index contributed by atoms with van der Waals surface area (Å²) in [5, 5.41) is 8.66. The van der Waals surface area contributed by atoms with E-state index in [1.54, 1.807) is 63.2 Å². The van der Waals surface area contributed by atoms with E-state index in [1.165, 1.54) is 4.57 Å². The van der Waals surface area contributed by atoms with Crippen molar-refractivity contribution in [1.82, 2.24) is 14.8 Å². The van der Waals surface area contributed by atoms with Crippen LogP contribution in [0.1, 0.15) is 41.5 Å². The molecule has 152 valence electrons. The number of primary amides is 1. The van der Waals surface area contributed by atoms with E-state index in [2.05, 4.69) is 10.2 Å². The van der Waals surface area contributed by atoms with Gasteiger partial charge in [-0.3, -0.25) is 14.7 Å². The lowest BCUT2D eigenvalue weighted by Gasteiger charge is -2.20. The molecule has 0 spiro atoms. The minimum atomic E-state index is -0.697. The Kier molecular flexibility index (Phi) is 4.42. The predicted octanol–water partition coefficient (Wildman–Crippen LogP) is 3.88. The standard InChI is InChI=1S/C22H20N4O4/c1-22(2,3)30-21(29)26-17-7-4-12(11-27)8-14(17)10-18(26)19-15-6-5-13(20(23)28)9-16(15)24-25-19/h4-11H,1-3H3,(H2,23,28)(H,24,25). The fraction of sp³-hybridized carbons (Fsp3) is 0.182. The molecule has 0 saturated heterocycles. The first-order valence-corrected chi connectivity index (χ1v) is 9.30. The number of fused-ring (bicyclic) bond motifs is 2. The van der Waals surface area contributed by atoms with Crippen molar-refractivity contribution in [3.05, 3.63) is 53.6 Å². The molecule has 0 aliphatic carbocycles. The van der Waals surface area contributed by atoms with E-state index in [1.807, 2.05) is 0 Å². The van der Waals surface area contributed by atoms with E-state index in [-0.39, 0.29) is 0 Å². The molecular formula is C22H20N4O4. The summed E-state index contributed by atoms with van der Waals surface area (Å²) in [4.78, 5) is 35.7. The molecule has 2 aromatic heterocycles. The van der Waals surface area contributed by atoms with Crippen molar-refractivity contribution in [1.29, 1.82) is 0 Å². The van der Waals surface area contributed by atoms with Gasteiger partial charge in [0, 0.05) is 21.9 Å². The third-order valence-corrected chi connectivity index (χ3v) is 4.63. The van der Waals surface area contributed by atoms with Gasteiger partial charge in [-0.15, -0.1) is 0 Å². The van der Waals surface area contributed by atoms with Crippen molar-refractivity contribution in [3.63, 3.8) is 0 Å². The van der Waals surface area contributed by atoms with Crippen LogP contribution in [-0.2, 0) is 4.74 Å². The monoisotopic (exact) mass is 404 g/mol. The topological polar surface area (TPSA) is 120 Å². The quantitative estimate of drug-likeness (QED) is 0.502. The third kappa shape index (κ3) is 3.32. The number of nitrogens with one attached hydrogen (secondary N) is 1. The molecule has 0 atom stereocenters. The molecule has 0 saturated carbocycles. The number of aldehydes is 1. The first kappa shape index (κ1) is 19.4.